The maximum Gasteiger partial charge on any atom is 0.223 e. The van der Waals surface area contributed by atoms with Gasteiger partial charge in [0.05, 0.1) is 5.69 Å². The number of nitrogens with two attached hydrogens (primary N) is 1. The van der Waals surface area contributed by atoms with E-state index in [9.17, 15) is 9.59 Å². The van der Waals surface area contributed by atoms with Gasteiger partial charge in [-0.1, -0.05) is 36.4 Å². The SMILES string of the molecule is CC(=O)N(CCC(N)=O)c1cccc2ccccc12. The van der Waals surface area contributed by atoms with Crippen LogP contribution in [0.5, 0.6) is 0 Å². The van der Waals surface area contributed by atoms with Gasteiger partial charge in [0.2, 0.25) is 11.8 Å². The fourth-order valence-electron chi connectivity index (χ4n) is 2.11. The van der Waals surface area contributed by atoms with Crippen molar-refractivity contribution in [3.63, 3.8) is 0 Å². The van der Waals surface area contributed by atoms with Crippen molar-refractivity contribution in [3.8, 4) is 0 Å². The fourth-order valence-corrected chi connectivity index (χ4v) is 2.11. The normalized spacial score (nSPS) is 10.4. The van der Waals surface area contributed by atoms with E-state index in [1.54, 1.807) is 4.90 Å². The first-order valence-corrected chi connectivity index (χ1v) is 6.14. The molecule has 0 saturated carbocycles. The summed E-state index contributed by atoms with van der Waals surface area (Å²) in [5.74, 6) is -0.510. The minimum absolute atomic E-state index is 0.0994. The largest absolute Gasteiger partial charge is 0.370 e. The van der Waals surface area contributed by atoms with Crippen LogP contribution in [0.2, 0.25) is 0 Å². The van der Waals surface area contributed by atoms with Crippen molar-refractivity contribution >= 4 is 28.3 Å². The van der Waals surface area contributed by atoms with Crippen LogP contribution in [0.15, 0.2) is 42.5 Å². The molecule has 2 amide bonds. The number of amides is 2. The molecule has 0 radical (unpaired) electrons. The van der Waals surface area contributed by atoms with Gasteiger partial charge in [0.25, 0.3) is 0 Å². The van der Waals surface area contributed by atoms with Gasteiger partial charge in [0.15, 0.2) is 0 Å². The van der Waals surface area contributed by atoms with Crippen LogP contribution in [-0.4, -0.2) is 18.4 Å². The lowest BCUT2D eigenvalue weighted by atomic mass is 10.1. The van der Waals surface area contributed by atoms with E-state index in [2.05, 4.69) is 0 Å². The van der Waals surface area contributed by atoms with E-state index in [-0.39, 0.29) is 12.3 Å². The standard InChI is InChI=1S/C15H16N2O2/c1-11(18)17(10-9-15(16)19)14-8-4-6-12-5-2-3-7-13(12)14/h2-8H,9-10H2,1H3,(H2,16,19). The van der Waals surface area contributed by atoms with E-state index < -0.39 is 5.91 Å². The average molecular weight is 256 g/mol. The van der Waals surface area contributed by atoms with Gasteiger partial charge in [-0.15, -0.1) is 0 Å². The van der Waals surface area contributed by atoms with Crippen LogP contribution in [0, 0.1) is 0 Å². The van der Waals surface area contributed by atoms with Crippen molar-refractivity contribution in [3.05, 3.63) is 42.5 Å². The van der Waals surface area contributed by atoms with Crippen molar-refractivity contribution < 1.29 is 9.59 Å². The van der Waals surface area contributed by atoms with E-state index in [0.717, 1.165) is 16.5 Å². The quantitative estimate of drug-likeness (QED) is 0.910. The summed E-state index contributed by atoms with van der Waals surface area (Å²) in [6, 6.07) is 13.6. The van der Waals surface area contributed by atoms with Crippen molar-refractivity contribution in [2.45, 2.75) is 13.3 Å². The Morgan fingerprint density at radius 1 is 1.11 bits per heavy atom. The van der Waals surface area contributed by atoms with Crippen LogP contribution in [0.3, 0.4) is 0 Å². The molecule has 0 fully saturated rings. The number of rotatable bonds is 4. The Balaban J connectivity index is 2.44. The predicted octanol–water partition coefficient (Wildman–Crippen LogP) is 2.07. The first kappa shape index (κ1) is 13.1. The zero-order valence-electron chi connectivity index (χ0n) is 10.8. The number of hydrogen-bond acceptors (Lipinski definition) is 2. The lowest BCUT2D eigenvalue weighted by molar-refractivity contribution is -0.118. The lowest BCUT2D eigenvalue weighted by Gasteiger charge is -2.22. The molecule has 2 aromatic rings. The van der Waals surface area contributed by atoms with Gasteiger partial charge in [0.1, 0.15) is 0 Å². The van der Waals surface area contributed by atoms with E-state index in [0.29, 0.717) is 6.54 Å². The highest BCUT2D eigenvalue weighted by molar-refractivity contribution is 6.03. The number of carbonyl (C=O) groups is 2. The molecule has 0 atom stereocenters. The third kappa shape index (κ3) is 2.91. The van der Waals surface area contributed by atoms with E-state index in [1.165, 1.54) is 6.92 Å². The molecule has 0 spiro atoms. The van der Waals surface area contributed by atoms with Crippen LogP contribution in [-0.2, 0) is 9.59 Å². The van der Waals surface area contributed by atoms with E-state index >= 15 is 0 Å². The molecule has 2 aromatic carbocycles. The molecule has 0 bridgehead atoms. The molecule has 2 N–H and O–H groups in total. The molecule has 2 rings (SSSR count). The zero-order chi connectivity index (χ0) is 13.8. The molecular formula is C15H16N2O2. The summed E-state index contributed by atoms with van der Waals surface area (Å²) >= 11 is 0. The molecular weight excluding hydrogens is 240 g/mol. The summed E-state index contributed by atoms with van der Waals surface area (Å²) in [7, 11) is 0. The highest BCUT2D eigenvalue weighted by Crippen LogP contribution is 2.26. The first-order chi connectivity index (χ1) is 9.09. The summed E-state index contributed by atoms with van der Waals surface area (Å²) in [4.78, 5) is 24.3. The molecule has 0 saturated heterocycles. The van der Waals surface area contributed by atoms with Gasteiger partial charge in [0, 0.05) is 25.3 Å². The molecule has 98 valence electrons. The molecule has 0 aromatic heterocycles. The van der Waals surface area contributed by atoms with Crippen molar-refractivity contribution in [1.29, 1.82) is 0 Å². The molecule has 0 aliphatic carbocycles. The second kappa shape index (κ2) is 5.52. The smallest absolute Gasteiger partial charge is 0.223 e. The van der Waals surface area contributed by atoms with Crippen LogP contribution >= 0.6 is 0 Å². The second-order valence-electron chi connectivity index (χ2n) is 4.39. The highest BCUT2D eigenvalue weighted by Gasteiger charge is 2.14. The fraction of sp³-hybridized carbons (Fsp3) is 0.200. The third-order valence-electron chi connectivity index (χ3n) is 3.02. The Morgan fingerprint density at radius 3 is 2.47 bits per heavy atom. The van der Waals surface area contributed by atoms with Gasteiger partial charge in [-0.3, -0.25) is 9.59 Å². The maximum atomic E-state index is 11.8. The molecule has 0 heterocycles. The minimum Gasteiger partial charge on any atom is -0.370 e. The summed E-state index contributed by atoms with van der Waals surface area (Å²) in [6.07, 6.45) is 0.156. The van der Waals surface area contributed by atoms with Gasteiger partial charge in [-0.2, -0.15) is 0 Å². The van der Waals surface area contributed by atoms with Gasteiger partial charge < -0.3 is 10.6 Å². The Labute approximate surface area is 111 Å². The van der Waals surface area contributed by atoms with Crippen molar-refractivity contribution in [1.82, 2.24) is 0 Å². The predicted molar refractivity (Wildman–Crippen MR) is 75.8 cm³/mol. The molecule has 0 aliphatic heterocycles. The van der Waals surface area contributed by atoms with E-state index in [1.807, 2.05) is 42.5 Å². The molecule has 19 heavy (non-hydrogen) atoms. The lowest BCUT2D eigenvalue weighted by Crippen LogP contribution is -2.32. The summed E-state index contributed by atoms with van der Waals surface area (Å²) < 4.78 is 0. The number of benzene rings is 2. The molecule has 0 aliphatic rings. The second-order valence-corrected chi connectivity index (χ2v) is 4.39. The molecule has 4 nitrogen and oxygen atoms in total. The van der Waals surface area contributed by atoms with Crippen molar-refractivity contribution in [2.24, 2.45) is 5.73 Å². The van der Waals surface area contributed by atoms with Crippen LogP contribution in [0.25, 0.3) is 10.8 Å². The molecule has 4 heteroatoms. The summed E-state index contributed by atoms with van der Waals surface area (Å²) in [5.41, 5.74) is 5.97. The Bertz CT molecular complexity index is 617. The number of anilines is 1. The summed E-state index contributed by atoms with van der Waals surface area (Å²) in [6.45, 7) is 1.79. The van der Waals surface area contributed by atoms with Crippen molar-refractivity contribution in [2.75, 3.05) is 11.4 Å². The van der Waals surface area contributed by atoms with Crippen LogP contribution in [0.4, 0.5) is 5.69 Å². The van der Waals surface area contributed by atoms with Gasteiger partial charge in [-0.25, -0.2) is 0 Å². The Morgan fingerprint density at radius 2 is 1.79 bits per heavy atom. The Hall–Kier alpha value is -2.36. The molecule has 0 unspecified atom stereocenters. The number of primary amides is 1. The number of fused-ring (bicyclic) bond motifs is 1. The van der Waals surface area contributed by atoms with Crippen LogP contribution in [0.1, 0.15) is 13.3 Å². The zero-order valence-corrected chi connectivity index (χ0v) is 10.8. The van der Waals surface area contributed by atoms with Gasteiger partial charge >= 0.3 is 0 Å². The summed E-state index contributed by atoms with van der Waals surface area (Å²) in [5, 5.41) is 2.05. The topological polar surface area (TPSA) is 63.4 Å². The number of carbonyl (C=O) groups excluding carboxylic acids is 2. The first-order valence-electron chi connectivity index (χ1n) is 6.14. The van der Waals surface area contributed by atoms with Gasteiger partial charge in [-0.05, 0) is 11.5 Å². The maximum absolute atomic E-state index is 11.8. The monoisotopic (exact) mass is 256 g/mol. The van der Waals surface area contributed by atoms with E-state index in [4.69, 9.17) is 5.73 Å². The number of hydrogen-bond donors (Lipinski definition) is 1. The third-order valence-corrected chi connectivity index (χ3v) is 3.02. The average Bonchev–Trinajstić information content (AvgIpc) is 2.38. The highest BCUT2D eigenvalue weighted by atomic mass is 16.2. The number of nitrogens with zero attached hydrogens (tertiary/aromatic N) is 1. The minimum atomic E-state index is -0.411. The van der Waals surface area contributed by atoms with Crippen LogP contribution < -0.4 is 10.6 Å². The Kier molecular flexibility index (Phi) is 3.80.